The van der Waals surface area contributed by atoms with Crippen LogP contribution < -0.4 is 0 Å². The minimum absolute atomic E-state index is 0.150. The van der Waals surface area contributed by atoms with E-state index in [1.807, 2.05) is 6.07 Å². The minimum Gasteiger partial charge on any atom is -0.508 e. The van der Waals surface area contributed by atoms with Crippen LogP contribution in [0.1, 0.15) is 76.0 Å². The zero-order valence-corrected chi connectivity index (χ0v) is 14.4. The monoisotopic (exact) mass is 302 g/mol. The van der Waals surface area contributed by atoms with E-state index in [9.17, 15) is 10.2 Å². The van der Waals surface area contributed by atoms with Crippen molar-refractivity contribution in [2.75, 3.05) is 6.61 Å². The predicted molar refractivity (Wildman–Crippen MR) is 90.4 cm³/mol. The van der Waals surface area contributed by atoms with Gasteiger partial charge in [-0.2, -0.15) is 0 Å². The van der Waals surface area contributed by atoms with Crippen LogP contribution >= 0.6 is 0 Å². The zero-order chi connectivity index (χ0) is 16.1. The Balaban J connectivity index is 2.16. The first-order valence-electron chi connectivity index (χ1n) is 8.79. The van der Waals surface area contributed by atoms with Crippen LogP contribution in [0.15, 0.2) is 12.1 Å². The Morgan fingerprint density at radius 3 is 2.59 bits per heavy atom. The third-order valence-corrected chi connectivity index (χ3v) is 6.45. The largest absolute Gasteiger partial charge is 0.508 e. The fourth-order valence-corrected chi connectivity index (χ4v) is 5.30. The number of hydrogen-bond donors (Lipinski definition) is 2. The molecule has 0 heterocycles. The van der Waals surface area contributed by atoms with E-state index in [2.05, 4.69) is 33.8 Å². The molecule has 0 unspecified atom stereocenters. The Labute approximate surface area is 134 Å². The fraction of sp³-hybridized carbons (Fsp3) is 0.700. The lowest BCUT2D eigenvalue weighted by molar-refractivity contribution is -0.00522. The molecule has 2 heteroatoms. The number of fused-ring (bicyclic) bond motifs is 3. The highest BCUT2D eigenvalue weighted by Crippen LogP contribution is 2.57. The van der Waals surface area contributed by atoms with Crippen molar-refractivity contribution >= 4 is 0 Å². The molecule has 0 radical (unpaired) electrons. The summed E-state index contributed by atoms with van der Waals surface area (Å²) in [4.78, 5) is 0. The molecule has 0 spiro atoms. The smallest absolute Gasteiger partial charge is 0.119 e. The van der Waals surface area contributed by atoms with Crippen molar-refractivity contribution in [1.29, 1.82) is 0 Å². The fourth-order valence-electron chi connectivity index (χ4n) is 5.30. The highest BCUT2D eigenvalue weighted by Gasteiger charge is 2.52. The van der Waals surface area contributed by atoms with E-state index in [0.717, 1.165) is 31.2 Å². The highest BCUT2D eigenvalue weighted by atomic mass is 16.3. The molecule has 1 aromatic carbocycles. The van der Waals surface area contributed by atoms with E-state index < -0.39 is 0 Å². The molecule has 2 N–H and O–H groups in total. The Morgan fingerprint density at radius 1 is 1.23 bits per heavy atom. The van der Waals surface area contributed by atoms with Crippen LogP contribution in [0.3, 0.4) is 0 Å². The van der Waals surface area contributed by atoms with Crippen molar-refractivity contribution in [3.8, 4) is 5.75 Å². The molecule has 0 amide bonds. The minimum atomic E-state index is -0.150. The van der Waals surface area contributed by atoms with Crippen molar-refractivity contribution in [2.45, 2.75) is 71.1 Å². The molecule has 2 aliphatic carbocycles. The van der Waals surface area contributed by atoms with Crippen molar-refractivity contribution in [1.82, 2.24) is 0 Å². The first-order chi connectivity index (χ1) is 10.3. The second-order valence-electron chi connectivity index (χ2n) is 8.47. The van der Waals surface area contributed by atoms with E-state index >= 15 is 0 Å². The van der Waals surface area contributed by atoms with Crippen molar-refractivity contribution in [3.05, 3.63) is 28.8 Å². The van der Waals surface area contributed by atoms with E-state index in [1.165, 1.54) is 17.5 Å². The summed E-state index contributed by atoms with van der Waals surface area (Å²) < 4.78 is 0. The third kappa shape index (κ3) is 2.19. The van der Waals surface area contributed by atoms with Crippen LogP contribution in [0, 0.1) is 11.3 Å². The van der Waals surface area contributed by atoms with Gasteiger partial charge in [0.2, 0.25) is 0 Å². The number of phenolic OH excluding ortho intramolecular Hbond substituents is 1. The lowest BCUT2D eigenvalue weighted by atomic mass is 9.50. The van der Waals surface area contributed by atoms with Crippen LogP contribution in [-0.4, -0.2) is 16.8 Å². The quantitative estimate of drug-likeness (QED) is 0.843. The second-order valence-corrected chi connectivity index (χ2v) is 8.47. The van der Waals surface area contributed by atoms with Gasteiger partial charge in [0.15, 0.2) is 0 Å². The molecule has 1 aromatic rings. The standard InChI is InChI=1S/C20H30O2/c1-13(2)15-10-14-6-7-18-19(3,4)8-5-9-20(18,12-21)16(14)11-17(15)22/h10-11,13,18,21-22H,5-9,12H2,1-4H3/t18-,20-/m0/s1. The van der Waals surface area contributed by atoms with Gasteiger partial charge in [0.1, 0.15) is 5.75 Å². The zero-order valence-electron chi connectivity index (χ0n) is 14.4. The molecule has 0 saturated heterocycles. The number of aromatic hydroxyl groups is 1. The summed E-state index contributed by atoms with van der Waals surface area (Å²) in [6.07, 6.45) is 5.68. The highest BCUT2D eigenvalue weighted by molar-refractivity contribution is 5.49. The molecule has 2 aliphatic rings. The van der Waals surface area contributed by atoms with E-state index in [-0.39, 0.29) is 17.4 Å². The molecule has 0 aromatic heterocycles. The van der Waals surface area contributed by atoms with Gasteiger partial charge < -0.3 is 10.2 Å². The number of aryl methyl sites for hydroxylation is 1. The second kappa shape index (κ2) is 5.26. The maximum absolute atomic E-state index is 10.5. The van der Waals surface area contributed by atoms with Gasteiger partial charge in [-0.1, -0.05) is 40.2 Å². The number of aliphatic hydroxyl groups excluding tert-OH is 1. The van der Waals surface area contributed by atoms with E-state index in [0.29, 0.717) is 17.6 Å². The van der Waals surface area contributed by atoms with Gasteiger partial charge in [-0.15, -0.1) is 0 Å². The Bertz CT molecular complexity index is 573. The average Bonchev–Trinajstić information content (AvgIpc) is 2.45. The number of hydrogen-bond acceptors (Lipinski definition) is 2. The normalized spacial score (nSPS) is 30.0. The van der Waals surface area contributed by atoms with Gasteiger partial charge in [0.25, 0.3) is 0 Å². The maximum Gasteiger partial charge on any atom is 0.119 e. The van der Waals surface area contributed by atoms with Crippen LogP contribution in [-0.2, 0) is 11.8 Å². The molecule has 22 heavy (non-hydrogen) atoms. The van der Waals surface area contributed by atoms with Gasteiger partial charge in [-0.3, -0.25) is 0 Å². The van der Waals surface area contributed by atoms with Crippen molar-refractivity contribution < 1.29 is 10.2 Å². The molecule has 1 fully saturated rings. The van der Waals surface area contributed by atoms with Crippen LogP contribution in [0.5, 0.6) is 5.75 Å². The van der Waals surface area contributed by atoms with Crippen molar-refractivity contribution in [3.63, 3.8) is 0 Å². The molecule has 1 saturated carbocycles. The molecular weight excluding hydrogens is 272 g/mol. The molecule has 0 bridgehead atoms. The first-order valence-corrected chi connectivity index (χ1v) is 8.79. The number of phenols is 1. The van der Waals surface area contributed by atoms with Gasteiger partial charge in [0.05, 0.1) is 6.61 Å². The summed E-state index contributed by atoms with van der Waals surface area (Å²) in [5.74, 6) is 1.25. The molecular formula is C20H30O2. The Kier molecular flexibility index (Phi) is 3.79. The number of benzene rings is 1. The lowest BCUT2D eigenvalue weighted by Gasteiger charge is -2.55. The van der Waals surface area contributed by atoms with E-state index in [4.69, 9.17) is 0 Å². The summed E-state index contributed by atoms with van der Waals surface area (Å²) >= 11 is 0. The third-order valence-electron chi connectivity index (χ3n) is 6.45. The lowest BCUT2D eigenvalue weighted by Crippen LogP contribution is -2.51. The van der Waals surface area contributed by atoms with Crippen molar-refractivity contribution in [2.24, 2.45) is 11.3 Å². The van der Waals surface area contributed by atoms with Crippen LogP contribution in [0.4, 0.5) is 0 Å². The first kappa shape index (κ1) is 15.9. The molecule has 0 aliphatic heterocycles. The predicted octanol–water partition coefficient (Wildman–Crippen LogP) is 4.52. The Hall–Kier alpha value is -1.02. The van der Waals surface area contributed by atoms with Gasteiger partial charge in [0, 0.05) is 5.41 Å². The summed E-state index contributed by atoms with van der Waals surface area (Å²) in [5.41, 5.74) is 3.73. The summed E-state index contributed by atoms with van der Waals surface area (Å²) in [6.45, 7) is 9.16. The molecule has 2 nitrogen and oxygen atoms in total. The maximum atomic E-state index is 10.5. The summed E-state index contributed by atoms with van der Waals surface area (Å²) in [5, 5.41) is 20.8. The van der Waals surface area contributed by atoms with E-state index in [1.54, 1.807) is 0 Å². The summed E-state index contributed by atoms with van der Waals surface area (Å²) in [7, 11) is 0. The van der Waals surface area contributed by atoms with Gasteiger partial charge in [-0.25, -0.2) is 0 Å². The van der Waals surface area contributed by atoms with Crippen LogP contribution in [0.2, 0.25) is 0 Å². The van der Waals surface area contributed by atoms with Crippen LogP contribution in [0.25, 0.3) is 0 Å². The molecule has 2 atom stereocenters. The molecule has 122 valence electrons. The number of aliphatic hydroxyl groups is 1. The van der Waals surface area contributed by atoms with Gasteiger partial charge in [-0.05, 0) is 65.7 Å². The van der Waals surface area contributed by atoms with Gasteiger partial charge >= 0.3 is 0 Å². The Morgan fingerprint density at radius 2 is 1.95 bits per heavy atom. The molecule has 3 rings (SSSR count). The number of rotatable bonds is 2. The summed E-state index contributed by atoms with van der Waals surface area (Å²) in [6, 6.07) is 4.18. The topological polar surface area (TPSA) is 40.5 Å². The SMILES string of the molecule is CC(C)c1cc2c(cc1O)[C@@]1(CO)CCCC(C)(C)[C@@H]1CC2. The average molecular weight is 302 g/mol.